The number of ether oxygens (including phenoxy) is 2. The molecule has 27 heavy (non-hydrogen) atoms. The number of hydrogen-bond donors (Lipinski definition) is 1. The van der Waals surface area contributed by atoms with Crippen LogP contribution in [-0.2, 0) is 11.3 Å². The van der Waals surface area contributed by atoms with Crippen LogP contribution in [0.3, 0.4) is 0 Å². The van der Waals surface area contributed by atoms with Gasteiger partial charge in [0.1, 0.15) is 18.1 Å². The van der Waals surface area contributed by atoms with Crippen LogP contribution in [0.4, 0.5) is 10.5 Å². The van der Waals surface area contributed by atoms with Crippen LogP contribution in [0, 0.1) is 13.8 Å². The number of nitrogens with zero attached hydrogens (tertiary/aromatic N) is 2. The summed E-state index contributed by atoms with van der Waals surface area (Å²) in [4.78, 5) is 14.0. The average molecular weight is 373 g/mol. The predicted octanol–water partition coefficient (Wildman–Crippen LogP) is 3.90. The Morgan fingerprint density at radius 3 is 2.70 bits per heavy atom. The number of rotatable bonds is 6. The molecule has 7 heteroatoms. The Kier molecular flexibility index (Phi) is 6.34. The Morgan fingerprint density at radius 2 is 2.07 bits per heavy atom. The minimum absolute atomic E-state index is 0.177. The number of hydrogen-bond acceptors (Lipinski definition) is 5. The second-order valence-electron chi connectivity index (χ2n) is 6.91. The van der Waals surface area contributed by atoms with Gasteiger partial charge in [0.15, 0.2) is 0 Å². The van der Waals surface area contributed by atoms with E-state index in [1.807, 2.05) is 38.1 Å². The van der Waals surface area contributed by atoms with E-state index in [0.29, 0.717) is 18.8 Å². The lowest BCUT2D eigenvalue weighted by molar-refractivity contribution is -0.0110. The molecule has 0 unspecified atom stereocenters. The predicted molar refractivity (Wildman–Crippen MR) is 102 cm³/mol. The normalized spacial score (nSPS) is 16.8. The van der Waals surface area contributed by atoms with Gasteiger partial charge in [-0.25, -0.2) is 4.79 Å². The van der Waals surface area contributed by atoms with Crippen LogP contribution < -0.4 is 10.1 Å². The first-order valence-electron chi connectivity index (χ1n) is 9.31. The first-order chi connectivity index (χ1) is 13.0. The Bertz CT molecular complexity index is 732. The number of anilines is 1. The van der Waals surface area contributed by atoms with Crippen LogP contribution in [0.15, 0.2) is 28.8 Å². The van der Waals surface area contributed by atoms with Crippen molar-refractivity contribution in [1.29, 1.82) is 0 Å². The first-order valence-corrected chi connectivity index (χ1v) is 9.31. The van der Waals surface area contributed by atoms with Gasteiger partial charge in [0.2, 0.25) is 0 Å². The summed E-state index contributed by atoms with van der Waals surface area (Å²) < 4.78 is 16.6. The third-order valence-corrected chi connectivity index (χ3v) is 4.74. The van der Waals surface area contributed by atoms with E-state index in [2.05, 4.69) is 10.5 Å². The highest BCUT2D eigenvalue weighted by molar-refractivity contribution is 5.89. The van der Waals surface area contributed by atoms with Crippen LogP contribution in [-0.4, -0.2) is 42.5 Å². The van der Waals surface area contributed by atoms with E-state index in [1.54, 1.807) is 11.9 Å². The van der Waals surface area contributed by atoms with Crippen molar-refractivity contribution in [2.24, 2.45) is 0 Å². The quantitative estimate of drug-likeness (QED) is 0.831. The SMILES string of the molecule is Cc1noc(C)c1CN(C)C(=O)Nc1ccc(OC[C@@H]2CCCCO2)cc1. The van der Waals surface area contributed by atoms with Gasteiger partial charge in [-0.1, -0.05) is 5.16 Å². The molecule has 2 aromatic rings. The van der Waals surface area contributed by atoms with Gasteiger partial charge in [-0.15, -0.1) is 0 Å². The maximum absolute atomic E-state index is 12.4. The van der Waals surface area contributed by atoms with E-state index < -0.39 is 0 Å². The molecule has 1 aliphatic heterocycles. The Labute approximate surface area is 159 Å². The maximum atomic E-state index is 12.4. The molecule has 2 amide bonds. The average Bonchev–Trinajstić information content (AvgIpc) is 3.00. The van der Waals surface area contributed by atoms with E-state index in [-0.39, 0.29) is 12.1 Å². The van der Waals surface area contributed by atoms with Gasteiger partial charge in [0.05, 0.1) is 18.3 Å². The van der Waals surface area contributed by atoms with Crippen LogP contribution >= 0.6 is 0 Å². The number of carbonyl (C=O) groups is 1. The Balaban J connectivity index is 1.49. The number of aromatic nitrogens is 1. The molecular formula is C20H27N3O4. The zero-order chi connectivity index (χ0) is 19.2. The molecule has 0 aliphatic carbocycles. The fraction of sp³-hybridized carbons (Fsp3) is 0.500. The zero-order valence-electron chi connectivity index (χ0n) is 16.2. The summed E-state index contributed by atoms with van der Waals surface area (Å²) in [6.07, 6.45) is 3.55. The first kappa shape index (κ1) is 19.2. The smallest absolute Gasteiger partial charge is 0.321 e. The molecule has 7 nitrogen and oxygen atoms in total. The minimum Gasteiger partial charge on any atom is -0.491 e. The van der Waals surface area contributed by atoms with Crippen molar-refractivity contribution < 1.29 is 18.8 Å². The molecule has 1 atom stereocenters. The molecule has 2 heterocycles. The number of aryl methyl sites for hydroxylation is 2. The van der Waals surface area contributed by atoms with Crippen molar-refractivity contribution in [2.75, 3.05) is 25.6 Å². The van der Waals surface area contributed by atoms with Crippen LogP contribution in [0.1, 0.15) is 36.3 Å². The minimum atomic E-state index is -0.195. The topological polar surface area (TPSA) is 76.8 Å². The highest BCUT2D eigenvalue weighted by atomic mass is 16.5. The lowest BCUT2D eigenvalue weighted by atomic mass is 10.1. The fourth-order valence-electron chi connectivity index (χ4n) is 3.02. The summed E-state index contributed by atoms with van der Waals surface area (Å²) in [5.74, 6) is 1.50. The largest absolute Gasteiger partial charge is 0.491 e. The molecule has 1 aliphatic rings. The van der Waals surface area contributed by atoms with E-state index in [0.717, 1.165) is 42.2 Å². The van der Waals surface area contributed by atoms with Crippen molar-refractivity contribution >= 4 is 11.7 Å². The number of nitrogens with one attached hydrogen (secondary N) is 1. The number of carbonyl (C=O) groups excluding carboxylic acids is 1. The number of benzene rings is 1. The van der Waals surface area contributed by atoms with Gasteiger partial charge in [-0.05, 0) is 57.4 Å². The molecule has 146 valence electrons. The number of urea groups is 1. The van der Waals surface area contributed by atoms with Gasteiger partial charge in [0.25, 0.3) is 0 Å². The summed E-state index contributed by atoms with van der Waals surface area (Å²) in [5.41, 5.74) is 2.45. The molecule has 0 spiro atoms. The van der Waals surface area contributed by atoms with Crippen LogP contribution in [0.5, 0.6) is 5.75 Å². The lowest BCUT2D eigenvalue weighted by Crippen LogP contribution is -2.31. The van der Waals surface area contributed by atoms with Gasteiger partial charge < -0.3 is 24.2 Å². The molecule has 1 aromatic carbocycles. The lowest BCUT2D eigenvalue weighted by Gasteiger charge is -2.22. The van der Waals surface area contributed by atoms with Gasteiger partial charge in [-0.2, -0.15) is 0 Å². The van der Waals surface area contributed by atoms with Crippen LogP contribution in [0.2, 0.25) is 0 Å². The highest BCUT2D eigenvalue weighted by Crippen LogP contribution is 2.19. The summed E-state index contributed by atoms with van der Waals surface area (Å²) in [6.45, 7) is 5.54. The van der Waals surface area contributed by atoms with Crippen molar-refractivity contribution in [1.82, 2.24) is 10.1 Å². The van der Waals surface area contributed by atoms with Crippen molar-refractivity contribution in [3.8, 4) is 5.75 Å². The molecule has 0 bridgehead atoms. The van der Waals surface area contributed by atoms with Gasteiger partial charge >= 0.3 is 6.03 Å². The van der Waals surface area contributed by atoms with Gasteiger partial charge in [-0.3, -0.25) is 0 Å². The molecule has 1 aromatic heterocycles. The molecule has 1 saturated heterocycles. The maximum Gasteiger partial charge on any atom is 0.321 e. The molecule has 0 saturated carbocycles. The summed E-state index contributed by atoms with van der Waals surface area (Å²) in [6, 6.07) is 7.18. The summed E-state index contributed by atoms with van der Waals surface area (Å²) >= 11 is 0. The molecule has 0 radical (unpaired) electrons. The monoisotopic (exact) mass is 373 g/mol. The molecule has 1 fully saturated rings. The van der Waals surface area contributed by atoms with Crippen molar-refractivity contribution in [3.63, 3.8) is 0 Å². The zero-order valence-corrected chi connectivity index (χ0v) is 16.2. The van der Waals surface area contributed by atoms with E-state index in [4.69, 9.17) is 14.0 Å². The summed E-state index contributed by atoms with van der Waals surface area (Å²) in [7, 11) is 1.74. The fourth-order valence-corrected chi connectivity index (χ4v) is 3.02. The van der Waals surface area contributed by atoms with E-state index in [9.17, 15) is 4.79 Å². The second kappa shape index (κ2) is 8.90. The van der Waals surface area contributed by atoms with Gasteiger partial charge in [0, 0.05) is 24.9 Å². The molecule has 3 rings (SSSR count). The van der Waals surface area contributed by atoms with Crippen molar-refractivity contribution in [2.45, 2.75) is 45.8 Å². The second-order valence-corrected chi connectivity index (χ2v) is 6.91. The molecule has 1 N–H and O–H groups in total. The third kappa shape index (κ3) is 5.23. The third-order valence-electron chi connectivity index (χ3n) is 4.74. The molecular weight excluding hydrogens is 346 g/mol. The number of amides is 2. The van der Waals surface area contributed by atoms with E-state index >= 15 is 0 Å². The summed E-state index contributed by atoms with van der Waals surface area (Å²) in [5, 5.41) is 6.80. The standard InChI is InChI=1S/C20H27N3O4/c1-14-19(15(2)27-22-14)12-23(3)20(24)21-16-7-9-17(10-8-16)26-13-18-6-4-5-11-25-18/h7-10,18H,4-6,11-13H2,1-3H3,(H,21,24)/t18-/m0/s1. The highest BCUT2D eigenvalue weighted by Gasteiger charge is 2.16. The van der Waals surface area contributed by atoms with Crippen molar-refractivity contribution in [3.05, 3.63) is 41.3 Å². The Hall–Kier alpha value is -2.54. The Morgan fingerprint density at radius 1 is 1.30 bits per heavy atom. The van der Waals surface area contributed by atoms with Crippen LogP contribution in [0.25, 0.3) is 0 Å². The van der Waals surface area contributed by atoms with E-state index in [1.165, 1.54) is 6.42 Å².